The number of hydrogen-bond acceptors (Lipinski definition) is 2. The highest BCUT2D eigenvalue weighted by Gasteiger charge is 2.26. The smallest absolute Gasteiger partial charge is 0.227 e. The van der Waals surface area contributed by atoms with Gasteiger partial charge in [-0.25, -0.2) is 4.39 Å². The molecule has 0 N–H and O–H groups in total. The van der Waals surface area contributed by atoms with E-state index in [2.05, 4.69) is 36.7 Å². The molecule has 1 atom stereocenters. The van der Waals surface area contributed by atoms with Crippen LogP contribution >= 0.6 is 0 Å². The lowest BCUT2D eigenvalue weighted by Crippen LogP contribution is -2.38. The van der Waals surface area contributed by atoms with E-state index in [1.807, 2.05) is 30.3 Å². The lowest BCUT2D eigenvalue weighted by atomic mass is 10.1. The summed E-state index contributed by atoms with van der Waals surface area (Å²) in [5.74, 6) is 0.462. The van der Waals surface area contributed by atoms with Gasteiger partial charge in [0.05, 0.1) is 12.2 Å². The van der Waals surface area contributed by atoms with E-state index in [0.29, 0.717) is 13.2 Å². The average Bonchev–Trinajstić information content (AvgIpc) is 2.70. The molecule has 0 saturated heterocycles. The van der Waals surface area contributed by atoms with E-state index in [-0.39, 0.29) is 5.82 Å². The van der Waals surface area contributed by atoms with Crippen LogP contribution in [0.1, 0.15) is 41.2 Å². The second-order valence-electron chi connectivity index (χ2n) is 6.88. The molecule has 2 aromatic carbocycles. The van der Waals surface area contributed by atoms with Gasteiger partial charge in [-0.2, -0.15) is 4.57 Å². The van der Waals surface area contributed by atoms with Crippen LogP contribution in [-0.4, -0.2) is 0 Å². The van der Waals surface area contributed by atoms with Gasteiger partial charge in [-0.1, -0.05) is 37.3 Å². The highest BCUT2D eigenvalue weighted by Crippen LogP contribution is 2.36. The zero-order chi connectivity index (χ0) is 18.8. The quantitative estimate of drug-likeness (QED) is 0.629. The van der Waals surface area contributed by atoms with Crippen molar-refractivity contribution in [2.45, 2.75) is 39.7 Å². The van der Waals surface area contributed by atoms with Crippen LogP contribution in [0.4, 0.5) is 4.39 Å². The van der Waals surface area contributed by atoms with Gasteiger partial charge < -0.3 is 9.47 Å². The lowest BCUT2D eigenvalue weighted by molar-refractivity contribution is -0.694. The number of ether oxygens (including phenoxy) is 2. The first-order valence-electron chi connectivity index (χ1n) is 9.27. The van der Waals surface area contributed by atoms with Gasteiger partial charge in [-0.3, -0.25) is 0 Å². The molecule has 0 amide bonds. The lowest BCUT2D eigenvalue weighted by Gasteiger charge is -2.28. The zero-order valence-corrected chi connectivity index (χ0v) is 15.6. The fraction of sp³-hybridized carbons (Fsp3) is 0.261. The third-order valence-electron chi connectivity index (χ3n) is 4.96. The fourth-order valence-corrected chi connectivity index (χ4v) is 3.40. The Kier molecular flexibility index (Phi) is 4.90. The molecule has 0 spiro atoms. The molecule has 1 aliphatic rings. The van der Waals surface area contributed by atoms with Crippen molar-refractivity contribution in [1.82, 2.24) is 0 Å². The van der Waals surface area contributed by atoms with Gasteiger partial charge in [0, 0.05) is 29.7 Å². The number of nitrogens with zero attached hydrogens (tertiary/aromatic N) is 1. The summed E-state index contributed by atoms with van der Waals surface area (Å²) in [5, 5.41) is 0. The molecule has 0 aliphatic carbocycles. The van der Waals surface area contributed by atoms with Gasteiger partial charge >= 0.3 is 0 Å². The summed E-state index contributed by atoms with van der Waals surface area (Å²) in [4.78, 5) is 0. The van der Waals surface area contributed by atoms with E-state index < -0.39 is 6.29 Å². The molecule has 27 heavy (non-hydrogen) atoms. The topological polar surface area (TPSA) is 22.3 Å². The third-order valence-corrected chi connectivity index (χ3v) is 4.96. The molecule has 4 rings (SSSR count). The fourth-order valence-electron chi connectivity index (χ4n) is 3.40. The largest absolute Gasteiger partial charge is 0.460 e. The number of fused-ring (bicyclic) bond motifs is 1. The molecule has 0 fully saturated rings. The predicted molar refractivity (Wildman–Crippen MR) is 101 cm³/mol. The summed E-state index contributed by atoms with van der Waals surface area (Å²) in [6, 6.07) is 17.1. The van der Waals surface area contributed by atoms with Crippen molar-refractivity contribution < 1.29 is 18.4 Å². The van der Waals surface area contributed by atoms with Crippen LogP contribution in [0.25, 0.3) is 0 Å². The second kappa shape index (κ2) is 7.49. The van der Waals surface area contributed by atoms with Gasteiger partial charge in [0.1, 0.15) is 11.6 Å². The SMILES string of the molecule is CCc1ccc(C)[n+](Cc2cc(F)cc3c2O[C@H](c2ccccc2)OC3)c1. The van der Waals surface area contributed by atoms with E-state index in [1.165, 1.54) is 11.6 Å². The maximum absolute atomic E-state index is 14.2. The third kappa shape index (κ3) is 3.71. The molecule has 0 radical (unpaired) electrons. The van der Waals surface area contributed by atoms with Crippen LogP contribution in [0.2, 0.25) is 0 Å². The molecule has 1 aromatic heterocycles. The van der Waals surface area contributed by atoms with Crippen molar-refractivity contribution in [3.05, 3.63) is 94.6 Å². The molecular weight excluding hydrogens is 341 g/mol. The molecule has 2 heterocycles. The Morgan fingerprint density at radius 1 is 1.11 bits per heavy atom. The molecule has 3 nitrogen and oxygen atoms in total. The van der Waals surface area contributed by atoms with Crippen molar-refractivity contribution in [3.8, 4) is 5.75 Å². The monoisotopic (exact) mass is 364 g/mol. The molecule has 0 bridgehead atoms. The summed E-state index contributed by atoms with van der Waals surface area (Å²) < 4.78 is 28.3. The number of aryl methyl sites for hydroxylation is 2. The molecule has 3 aromatic rings. The first-order chi connectivity index (χ1) is 13.1. The van der Waals surface area contributed by atoms with Crippen LogP contribution in [0.5, 0.6) is 5.75 Å². The van der Waals surface area contributed by atoms with Crippen molar-refractivity contribution in [2.24, 2.45) is 0 Å². The Labute approximate surface area is 159 Å². The Morgan fingerprint density at radius 2 is 1.93 bits per heavy atom. The minimum atomic E-state index is -0.476. The number of aromatic nitrogens is 1. The van der Waals surface area contributed by atoms with Crippen molar-refractivity contribution >= 4 is 0 Å². The number of halogens is 1. The Balaban J connectivity index is 1.70. The number of rotatable bonds is 4. The van der Waals surface area contributed by atoms with Crippen LogP contribution in [0.3, 0.4) is 0 Å². The summed E-state index contributed by atoms with van der Waals surface area (Å²) in [7, 11) is 0. The first kappa shape index (κ1) is 17.7. The highest BCUT2D eigenvalue weighted by molar-refractivity contribution is 5.43. The summed E-state index contributed by atoms with van der Waals surface area (Å²) in [6.45, 7) is 5.07. The zero-order valence-electron chi connectivity index (χ0n) is 15.6. The van der Waals surface area contributed by atoms with Gasteiger partial charge in [0.25, 0.3) is 0 Å². The van der Waals surface area contributed by atoms with Crippen molar-refractivity contribution in [1.29, 1.82) is 0 Å². The maximum atomic E-state index is 14.2. The van der Waals surface area contributed by atoms with Gasteiger partial charge in [-0.05, 0) is 24.6 Å². The first-order valence-corrected chi connectivity index (χ1v) is 9.27. The molecular formula is C23H23FNO2+. The Hall–Kier alpha value is -2.72. The number of pyridine rings is 1. The highest BCUT2D eigenvalue weighted by atomic mass is 19.1. The van der Waals surface area contributed by atoms with Gasteiger partial charge in [-0.15, -0.1) is 0 Å². The number of hydrogen-bond donors (Lipinski definition) is 0. The second-order valence-corrected chi connectivity index (χ2v) is 6.88. The molecule has 0 unspecified atom stereocenters. The summed E-state index contributed by atoms with van der Waals surface area (Å²) in [5.41, 5.74) is 4.90. The van der Waals surface area contributed by atoms with E-state index in [1.54, 1.807) is 6.07 Å². The molecule has 0 saturated carbocycles. The standard InChI is InChI=1S/C23H23FNO2/c1-3-17-10-9-16(2)25(13-17)14-19-11-21(24)12-20-15-26-23(27-22(19)20)18-7-5-4-6-8-18/h4-13,23H,3,14-15H2,1-2H3/q+1/t23-/m1/s1. The Morgan fingerprint density at radius 3 is 2.70 bits per heavy atom. The van der Waals surface area contributed by atoms with E-state index >= 15 is 0 Å². The maximum Gasteiger partial charge on any atom is 0.227 e. The Bertz CT molecular complexity index is 956. The van der Waals surface area contributed by atoms with Gasteiger partial charge in [0.15, 0.2) is 18.4 Å². The van der Waals surface area contributed by atoms with E-state index in [9.17, 15) is 4.39 Å². The van der Waals surface area contributed by atoms with Crippen LogP contribution < -0.4 is 9.30 Å². The number of benzene rings is 2. The van der Waals surface area contributed by atoms with Crippen LogP contribution in [0, 0.1) is 12.7 Å². The molecule has 1 aliphatic heterocycles. The van der Waals surface area contributed by atoms with Crippen molar-refractivity contribution in [2.75, 3.05) is 0 Å². The van der Waals surface area contributed by atoms with Crippen LogP contribution in [-0.2, 0) is 24.3 Å². The minimum Gasteiger partial charge on any atom is -0.460 e. The average molecular weight is 364 g/mol. The predicted octanol–water partition coefficient (Wildman–Crippen LogP) is 4.64. The normalized spacial score (nSPS) is 15.9. The molecule has 4 heteroatoms. The van der Waals surface area contributed by atoms with E-state index in [4.69, 9.17) is 9.47 Å². The van der Waals surface area contributed by atoms with E-state index in [0.717, 1.165) is 34.6 Å². The van der Waals surface area contributed by atoms with Crippen molar-refractivity contribution in [3.63, 3.8) is 0 Å². The summed E-state index contributed by atoms with van der Waals surface area (Å²) in [6.07, 6.45) is 2.61. The van der Waals surface area contributed by atoms with Crippen LogP contribution in [0.15, 0.2) is 60.8 Å². The molecule has 138 valence electrons. The minimum absolute atomic E-state index is 0.265. The summed E-state index contributed by atoms with van der Waals surface area (Å²) >= 11 is 0. The van der Waals surface area contributed by atoms with Gasteiger partial charge in [0.2, 0.25) is 6.29 Å².